The van der Waals surface area contributed by atoms with E-state index in [-0.39, 0.29) is 22.0 Å². The highest BCUT2D eigenvalue weighted by Gasteiger charge is 2.31. The van der Waals surface area contributed by atoms with Gasteiger partial charge >= 0.3 is 5.97 Å². The van der Waals surface area contributed by atoms with E-state index in [1.165, 1.54) is 14.0 Å². The van der Waals surface area contributed by atoms with E-state index < -0.39 is 36.8 Å². The largest absolute Gasteiger partial charge is 0.478 e. The van der Waals surface area contributed by atoms with E-state index in [4.69, 9.17) is 16.7 Å². The van der Waals surface area contributed by atoms with Crippen LogP contribution in [-0.2, 0) is 11.8 Å². The van der Waals surface area contributed by atoms with Crippen molar-refractivity contribution in [1.29, 1.82) is 0 Å². The normalized spacial score (nSPS) is 12.3. The van der Waals surface area contributed by atoms with Gasteiger partial charge in [0, 0.05) is 7.05 Å². The smallest absolute Gasteiger partial charge is 0.339 e. The first kappa shape index (κ1) is 18.0. The molecule has 0 bridgehead atoms. The summed E-state index contributed by atoms with van der Waals surface area (Å²) >= 11 is 5.76. The number of halogens is 4. The number of carboxylic acid groups (broad SMARTS) is 1. The molecule has 0 fully saturated rings. The first-order valence-corrected chi connectivity index (χ1v) is 6.28. The van der Waals surface area contributed by atoms with Crippen molar-refractivity contribution in [3.05, 3.63) is 22.0 Å². The summed E-state index contributed by atoms with van der Waals surface area (Å²) in [4.78, 5) is 34.7. The molecule has 122 valence electrons. The number of rotatable bonds is 6. The molecular formula is C12H12ClF3N2O4. The molecule has 1 unspecified atom stereocenters. The standard InChI is InChI=1S/C12H12ClF3N2O4/c1-4-6(12(21)22)9(13)18(2)7(4)8(19)11(20)17-5(3-14)10(15)16/h5,10H,3H2,1-2H3,(H,17,20)(H,21,22). The van der Waals surface area contributed by atoms with Crippen molar-refractivity contribution in [3.63, 3.8) is 0 Å². The molecule has 0 saturated carbocycles. The fraction of sp³-hybridized carbons (Fsp3) is 0.417. The maximum absolute atomic E-state index is 12.4. The first-order chi connectivity index (χ1) is 10.1. The fourth-order valence-electron chi connectivity index (χ4n) is 1.87. The Kier molecular flexibility index (Phi) is 5.59. The van der Waals surface area contributed by atoms with Crippen LogP contribution in [-0.4, -0.2) is 46.5 Å². The van der Waals surface area contributed by atoms with Gasteiger partial charge in [0.15, 0.2) is 0 Å². The maximum Gasteiger partial charge on any atom is 0.339 e. The summed E-state index contributed by atoms with van der Waals surface area (Å²) in [5.41, 5.74) is -0.836. The summed E-state index contributed by atoms with van der Waals surface area (Å²) in [6.07, 6.45) is -3.19. The van der Waals surface area contributed by atoms with Crippen LogP contribution in [0.25, 0.3) is 0 Å². The highest BCUT2D eigenvalue weighted by Crippen LogP contribution is 2.26. The molecule has 0 aromatic carbocycles. The van der Waals surface area contributed by atoms with E-state index in [9.17, 15) is 27.6 Å². The van der Waals surface area contributed by atoms with Gasteiger partial charge < -0.3 is 15.0 Å². The van der Waals surface area contributed by atoms with Gasteiger partial charge in [0.05, 0.1) is 5.69 Å². The molecule has 2 N–H and O–H groups in total. The van der Waals surface area contributed by atoms with Gasteiger partial charge in [0.1, 0.15) is 23.4 Å². The van der Waals surface area contributed by atoms with E-state index in [1.54, 1.807) is 5.32 Å². The molecule has 1 aromatic rings. The maximum atomic E-state index is 12.4. The number of aromatic nitrogens is 1. The molecule has 1 atom stereocenters. The summed E-state index contributed by atoms with van der Waals surface area (Å²) in [5, 5.41) is 10.3. The van der Waals surface area contributed by atoms with Gasteiger partial charge in [0.2, 0.25) is 0 Å². The molecule has 0 saturated heterocycles. The molecule has 0 spiro atoms. The van der Waals surface area contributed by atoms with Gasteiger partial charge in [-0.25, -0.2) is 18.0 Å². The van der Waals surface area contributed by atoms with Gasteiger partial charge in [-0.15, -0.1) is 0 Å². The second kappa shape index (κ2) is 6.82. The molecule has 0 aliphatic rings. The number of aromatic carboxylic acids is 1. The number of nitrogens with one attached hydrogen (secondary N) is 1. The van der Waals surface area contributed by atoms with Gasteiger partial charge in [-0.05, 0) is 12.5 Å². The topological polar surface area (TPSA) is 88.4 Å². The lowest BCUT2D eigenvalue weighted by Crippen LogP contribution is -2.45. The number of ketones is 1. The minimum absolute atomic E-state index is 0.0889. The Bertz CT molecular complexity index is 630. The zero-order valence-corrected chi connectivity index (χ0v) is 12.2. The third kappa shape index (κ3) is 3.24. The third-order valence-corrected chi connectivity index (χ3v) is 3.43. The number of alkyl halides is 3. The molecule has 0 aliphatic heterocycles. The van der Waals surface area contributed by atoms with Crippen molar-refractivity contribution >= 4 is 29.3 Å². The summed E-state index contributed by atoms with van der Waals surface area (Å²) < 4.78 is 38.1. The Hall–Kier alpha value is -2.03. The van der Waals surface area contributed by atoms with E-state index in [2.05, 4.69) is 0 Å². The highest BCUT2D eigenvalue weighted by atomic mass is 35.5. The molecule has 6 nitrogen and oxygen atoms in total. The lowest BCUT2D eigenvalue weighted by atomic mass is 10.1. The SMILES string of the molecule is Cc1c(C(=O)O)c(Cl)n(C)c1C(=O)C(=O)NC(CF)C(F)F. The number of hydrogen-bond acceptors (Lipinski definition) is 3. The van der Waals surface area contributed by atoms with Crippen molar-refractivity contribution in [1.82, 2.24) is 9.88 Å². The molecule has 10 heteroatoms. The van der Waals surface area contributed by atoms with E-state index in [0.29, 0.717) is 0 Å². The Balaban J connectivity index is 3.16. The second-order valence-electron chi connectivity index (χ2n) is 4.40. The average molecular weight is 341 g/mol. The molecule has 0 radical (unpaired) electrons. The van der Waals surface area contributed by atoms with Crippen LogP contribution in [0.15, 0.2) is 0 Å². The van der Waals surface area contributed by atoms with Crippen LogP contribution < -0.4 is 5.32 Å². The number of hydrogen-bond donors (Lipinski definition) is 2. The number of Topliss-reactive ketones (excluding diaryl/α,β-unsaturated/α-hetero) is 1. The van der Waals surface area contributed by atoms with Gasteiger partial charge in [-0.1, -0.05) is 11.6 Å². The van der Waals surface area contributed by atoms with Gasteiger partial charge in [0.25, 0.3) is 18.1 Å². The Morgan fingerprint density at radius 2 is 1.91 bits per heavy atom. The van der Waals surface area contributed by atoms with Crippen molar-refractivity contribution in [2.45, 2.75) is 19.4 Å². The minimum Gasteiger partial charge on any atom is -0.478 e. The number of carboxylic acids is 1. The summed E-state index contributed by atoms with van der Waals surface area (Å²) in [5.74, 6) is -4.17. The molecule has 1 amide bonds. The van der Waals surface area contributed by atoms with Crippen molar-refractivity contribution < 1.29 is 32.7 Å². The first-order valence-electron chi connectivity index (χ1n) is 5.90. The molecular weight excluding hydrogens is 329 g/mol. The second-order valence-corrected chi connectivity index (χ2v) is 4.76. The van der Waals surface area contributed by atoms with E-state index in [0.717, 1.165) is 4.57 Å². The predicted molar refractivity (Wildman–Crippen MR) is 70.4 cm³/mol. The molecule has 1 heterocycles. The van der Waals surface area contributed by atoms with Crippen molar-refractivity contribution in [3.8, 4) is 0 Å². The van der Waals surface area contributed by atoms with Crippen LogP contribution in [0.5, 0.6) is 0 Å². The zero-order valence-electron chi connectivity index (χ0n) is 11.5. The molecule has 1 rings (SSSR count). The van der Waals surface area contributed by atoms with E-state index in [1.807, 2.05) is 0 Å². The van der Waals surface area contributed by atoms with E-state index >= 15 is 0 Å². The van der Waals surface area contributed by atoms with Crippen LogP contribution in [0.2, 0.25) is 5.15 Å². The number of carbonyl (C=O) groups is 3. The van der Waals surface area contributed by atoms with Crippen molar-refractivity contribution in [2.24, 2.45) is 7.05 Å². The van der Waals surface area contributed by atoms with Crippen LogP contribution >= 0.6 is 11.6 Å². The van der Waals surface area contributed by atoms with Crippen LogP contribution in [0.1, 0.15) is 26.4 Å². The van der Waals surface area contributed by atoms with Gasteiger partial charge in [-0.3, -0.25) is 9.59 Å². The lowest BCUT2D eigenvalue weighted by Gasteiger charge is -2.14. The van der Waals surface area contributed by atoms with Crippen molar-refractivity contribution in [2.75, 3.05) is 6.67 Å². The monoisotopic (exact) mass is 340 g/mol. The Morgan fingerprint density at radius 3 is 2.27 bits per heavy atom. The van der Waals surface area contributed by atoms with Crippen LogP contribution in [0.3, 0.4) is 0 Å². The zero-order chi connectivity index (χ0) is 17.2. The quantitative estimate of drug-likeness (QED) is 0.608. The highest BCUT2D eigenvalue weighted by molar-refractivity contribution is 6.44. The van der Waals surface area contributed by atoms with Crippen LogP contribution in [0, 0.1) is 6.92 Å². The Morgan fingerprint density at radius 1 is 1.36 bits per heavy atom. The Labute approximate surface area is 127 Å². The predicted octanol–water partition coefficient (Wildman–Crippen LogP) is 1.59. The molecule has 0 aliphatic carbocycles. The summed E-state index contributed by atoms with van der Waals surface area (Å²) in [6, 6.07) is -2.12. The number of carbonyl (C=O) groups excluding carboxylic acids is 2. The fourth-order valence-corrected chi connectivity index (χ4v) is 2.18. The minimum atomic E-state index is -3.19. The molecule has 1 aromatic heterocycles. The summed E-state index contributed by atoms with van der Waals surface area (Å²) in [6.45, 7) is -0.306. The van der Waals surface area contributed by atoms with Gasteiger partial charge in [-0.2, -0.15) is 0 Å². The average Bonchev–Trinajstić information content (AvgIpc) is 2.65. The third-order valence-electron chi connectivity index (χ3n) is 2.99. The molecule has 22 heavy (non-hydrogen) atoms. The van der Waals surface area contributed by atoms with Crippen LogP contribution in [0.4, 0.5) is 13.2 Å². The number of nitrogens with zero attached hydrogens (tertiary/aromatic N) is 1. The lowest BCUT2D eigenvalue weighted by molar-refractivity contribution is -0.119. The summed E-state index contributed by atoms with van der Waals surface area (Å²) in [7, 11) is 1.24. The number of amides is 1.